The van der Waals surface area contributed by atoms with E-state index in [-0.39, 0.29) is 48.0 Å². The van der Waals surface area contributed by atoms with Gasteiger partial charge in [0.05, 0.1) is 16.2 Å². The Labute approximate surface area is 786 Å². The van der Waals surface area contributed by atoms with Crippen LogP contribution >= 0.6 is 61.1 Å². The summed E-state index contributed by atoms with van der Waals surface area (Å²) in [6.45, 7) is 19.5. The number of fused-ring (bicyclic) bond motifs is 30. The molecule has 7 aliphatic rings. The SMILES string of the molecule is Brc1ccccc1I.C1CCOC1.CC(C)OB(OC(C)C)OC(C)C.Ic1ccccc1-c1ccc2c(c1)C1(c3ccccc3-c3ccccc31)c1ccccc1-2.OB(O)c1ccccc1-c1ccc2c(c1)C1(c3ccccc3-c3ccccc31)c1ccccc1-2.O[B]Oc1ccc2c(c1)C1(c3ccccc3-c3ccccc31)c1ccccc1-2.[CH2-]CCC.[Li+]. The van der Waals surface area contributed by atoms with Gasteiger partial charge >= 0.3 is 41.0 Å². The van der Waals surface area contributed by atoms with E-state index >= 15 is 0 Å². The van der Waals surface area contributed by atoms with Crippen molar-refractivity contribution in [2.24, 2.45) is 0 Å². The second-order valence-corrected chi connectivity index (χ2v) is 35.7. The Balaban J connectivity index is 0.000000124. The van der Waals surface area contributed by atoms with E-state index in [4.69, 9.17) is 28.4 Å². The summed E-state index contributed by atoms with van der Waals surface area (Å²) >= 11 is 8.12. The molecule has 1 fully saturated rings. The molecule has 0 unspecified atom stereocenters. The molecule has 125 heavy (non-hydrogen) atoms. The van der Waals surface area contributed by atoms with Gasteiger partial charge in [-0.05, 0) is 319 Å². The van der Waals surface area contributed by atoms with Gasteiger partial charge in [-0.2, -0.15) is 6.42 Å². The minimum atomic E-state index is -1.52. The van der Waals surface area contributed by atoms with Crippen molar-refractivity contribution < 1.29 is 57.3 Å². The van der Waals surface area contributed by atoms with E-state index in [1.807, 2.05) is 84.0 Å². The van der Waals surface area contributed by atoms with Gasteiger partial charge in [0.2, 0.25) is 0 Å². The van der Waals surface area contributed by atoms with Gasteiger partial charge in [-0.1, -0.05) is 317 Å². The van der Waals surface area contributed by atoms with Crippen molar-refractivity contribution in [3.05, 3.63) is 431 Å². The number of hydrogen-bond donors (Lipinski definition) is 3. The Morgan fingerprint density at radius 3 is 0.896 bits per heavy atom. The van der Waals surface area contributed by atoms with E-state index in [0.29, 0.717) is 11.2 Å². The number of rotatable bonds is 12. The fourth-order valence-electron chi connectivity index (χ4n) is 19.1. The van der Waals surface area contributed by atoms with Crippen LogP contribution < -0.4 is 29.0 Å². The van der Waals surface area contributed by atoms with Gasteiger partial charge in [0.1, 0.15) is 5.75 Å². The summed E-state index contributed by atoms with van der Waals surface area (Å²) in [7, 11) is -1.32. The number of hydrogen-bond acceptors (Lipinski definition) is 8. The van der Waals surface area contributed by atoms with E-state index in [2.05, 4.69) is 372 Å². The third kappa shape index (κ3) is 17.2. The van der Waals surface area contributed by atoms with E-state index in [0.717, 1.165) is 38.4 Å². The van der Waals surface area contributed by atoms with Crippen LogP contribution in [0.5, 0.6) is 5.75 Å². The average molecular weight is 1920 g/mol. The van der Waals surface area contributed by atoms with E-state index in [9.17, 15) is 10.0 Å². The molecule has 1 aliphatic heterocycles. The van der Waals surface area contributed by atoms with Gasteiger partial charge in [-0.25, -0.2) is 0 Å². The van der Waals surface area contributed by atoms with Crippen LogP contribution in [0.1, 0.15) is 141 Å². The first kappa shape index (κ1) is 90.3. The Morgan fingerprint density at radius 2 is 0.624 bits per heavy atom. The Hall–Kier alpha value is -9.45. The molecular weight excluding hydrogens is 1820 g/mol. The fraction of sp³-hybridized carbons (Fsp3) is 0.173. The maximum Gasteiger partial charge on any atom is 1.00 e. The van der Waals surface area contributed by atoms with Crippen LogP contribution in [0.4, 0.5) is 0 Å². The summed E-state index contributed by atoms with van der Waals surface area (Å²) in [6.07, 6.45) is 5.17. The smallest absolute Gasteiger partial charge is 0.537 e. The molecule has 1 radical (unpaired) electrons. The average Bonchev–Trinajstić information content (AvgIpc) is 1.53. The number of halogens is 3. The summed E-state index contributed by atoms with van der Waals surface area (Å²) in [5.41, 5.74) is 35.2. The van der Waals surface area contributed by atoms with Gasteiger partial charge in [0.15, 0.2) is 0 Å². The standard InChI is InChI=1S/C31H21BO2.C31H19I.C25H16BO2.C9H21BO3.C6H4BrI.C4H8O.C4H9.Li/c33-32(34)30-16-8-4-9-21(30)20-17-18-25-24-12-3-7-15-28(24)31(29(25)19-20)26-13-5-1-10-22(26)23-11-2-6-14-27(23)31;32-30-16-8-4-9-21(30)20-17-18-25-24-12-3-7-15-28(24)31(29(25)19-20)26-13-5-1-10-22(26)23-11-2-6-14-27(23)31;27-26-28-16-13-14-20-19-9-3-6-12-23(19)25(24(20)15-16)21-10-4-1-7-17(21)18-8-2-5-11-22(18)25;1-7(2)11-10(12-8(3)4)13-9(5)6;7-5-3-1-2-4-6(5)8;1-2-4-5-3-1;1-3-4-2;/h1-19,33-34H;1-19H;1-15,27H;7-9H,1-6H3;1-4H;1-4H2;1,3-4H2,2H3;/q;;;;;;-1;+1. The zero-order valence-corrected chi connectivity index (χ0v) is 77.7. The Bertz CT molecular complexity index is 6100. The number of unbranched alkanes of at least 4 members (excludes halogenated alkanes) is 1. The number of ether oxygens (including phenoxy) is 1. The normalized spacial score (nSPS) is 13.5. The van der Waals surface area contributed by atoms with Crippen molar-refractivity contribution in [2.45, 2.75) is 109 Å². The molecule has 1 saturated heterocycles. The second kappa shape index (κ2) is 40.3. The maximum absolute atomic E-state index is 10.0. The molecule has 0 atom stereocenters. The molecule has 0 amide bonds. The molecule has 8 nitrogen and oxygen atoms in total. The minimum Gasteiger partial charge on any atom is -0.537 e. The van der Waals surface area contributed by atoms with Gasteiger partial charge < -0.3 is 45.4 Å². The monoisotopic (exact) mass is 1920 g/mol. The quantitative estimate of drug-likeness (QED) is 0.0631. The van der Waals surface area contributed by atoms with Crippen LogP contribution in [-0.4, -0.2) is 68.7 Å². The fourth-order valence-corrected chi connectivity index (χ4v) is 20.5. The topological polar surface area (TPSA) is 107 Å². The zero-order valence-electron chi connectivity index (χ0n) is 71.8. The molecule has 22 rings (SSSR count). The molecule has 0 aromatic heterocycles. The van der Waals surface area contributed by atoms with Gasteiger partial charge in [-0.15, -0.1) is 0 Å². The molecule has 1 heterocycles. The molecular formula is C110H98B3BrI2LiO8. The molecule has 15 aromatic carbocycles. The molecule has 3 spiro atoms. The van der Waals surface area contributed by atoms with Crippen molar-refractivity contribution in [3.63, 3.8) is 0 Å². The Morgan fingerprint density at radius 1 is 0.360 bits per heavy atom. The third-order valence-electron chi connectivity index (χ3n) is 24.0. The summed E-state index contributed by atoms with van der Waals surface area (Å²) in [6, 6.07) is 123. The summed E-state index contributed by atoms with van der Waals surface area (Å²) in [5.74, 6) is 0.635. The molecule has 3 N–H and O–H groups in total. The van der Waals surface area contributed by atoms with Crippen molar-refractivity contribution in [1.29, 1.82) is 0 Å². The van der Waals surface area contributed by atoms with Crippen molar-refractivity contribution in [2.75, 3.05) is 13.2 Å². The van der Waals surface area contributed by atoms with Crippen LogP contribution in [0.15, 0.2) is 350 Å². The molecule has 6 aliphatic carbocycles. The molecule has 15 heteroatoms. The molecule has 0 bridgehead atoms. The van der Waals surface area contributed by atoms with Gasteiger partial charge in [-0.3, -0.25) is 0 Å². The summed E-state index contributed by atoms with van der Waals surface area (Å²) < 4.78 is 30.3. The molecule has 15 aromatic rings. The predicted molar refractivity (Wildman–Crippen MR) is 532 cm³/mol. The van der Waals surface area contributed by atoms with Crippen LogP contribution in [-0.2, 0) is 34.9 Å². The zero-order chi connectivity index (χ0) is 86.2. The van der Waals surface area contributed by atoms with Crippen molar-refractivity contribution in [3.8, 4) is 94.8 Å². The van der Waals surface area contributed by atoms with Gasteiger partial charge in [0, 0.05) is 43.1 Å². The second-order valence-electron chi connectivity index (χ2n) is 32.5. The van der Waals surface area contributed by atoms with Crippen LogP contribution in [0.25, 0.3) is 89.0 Å². The summed E-state index contributed by atoms with van der Waals surface area (Å²) in [4.78, 5) is 0. The van der Waals surface area contributed by atoms with E-state index in [1.165, 1.54) is 176 Å². The first-order chi connectivity index (χ1) is 60.5. The predicted octanol–water partition coefficient (Wildman–Crippen LogP) is 23.3. The van der Waals surface area contributed by atoms with E-state index < -0.39 is 19.9 Å². The third-order valence-corrected chi connectivity index (χ3v) is 27.4. The van der Waals surface area contributed by atoms with Crippen LogP contribution in [0, 0.1) is 14.1 Å². The van der Waals surface area contributed by atoms with Crippen LogP contribution in [0.3, 0.4) is 0 Å². The number of benzene rings is 15. The molecule has 0 saturated carbocycles. The van der Waals surface area contributed by atoms with Gasteiger partial charge in [0.25, 0.3) is 0 Å². The Kier molecular flexibility index (Phi) is 29.1. The molecule has 617 valence electrons. The minimum absolute atomic E-state index is 0. The van der Waals surface area contributed by atoms with E-state index in [1.54, 1.807) is 6.07 Å². The van der Waals surface area contributed by atoms with Crippen molar-refractivity contribution in [1.82, 2.24) is 0 Å². The van der Waals surface area contributed by atoms with Crippen molar-refractivity contribution >= 4 is 88.7 Å². The largest absolute Gasteiger partial charge is 1.00 e. The summed E-state index contributed by atoms with van der Waals surface area (Å²) in [5, 5.41) is 29.2. The van der Waals surface area contributed by atoms with Crippen LogP contribution in [0.2, 0.25) is 0 Å². The first-order valence-corrected chi connectivity index (χ1v) is 45.8. The first-order valence-electron chi connectivity index (χ1n) is 42.9. The maximum atomic E-state index is 10.0.